The van der Waals surface area contributed by atoms with E-state index in [4.69, 9.17) is 4.52 Å². The van der Waals surface area contributed by atoms with Crippen molar-refractivity contribution in [3.8, 4) is 11.3 Å². The lowest BCUT2D eigenvalue weighted by Gasteiger charge is -2.22. The van der Waals surface area contributed by atoms with Crippen LogP contribution in [0.3, 0.4) is 0 Å². The molecular weight excluding hydrogens is 369 g/mol. The normalized spacial score (nSPS) is 14.5. The fraction of sp³-hybridized carbons (Fsp3) is 0.304. The second-order valence-electron chi connectivity index (χ2n) is 7.37. The third-order valence-electron chi connectivity index (χ3n) is 5.30. The molecule has 0 atom stereocenters. The number of nitrogens with one attached hydrogen (secondary N) is 1. The summed E-state index contributed by atoms with van der Waals surface area (Å²) in [6.45, 7) is 3.84. The van der Waals surface area contributed by atoms with Gasteiger partial charge in [-0.2, -0.15) is 0 Å². The zero-order valence-corrected chi connectivity index (χ0v) is 16.5. The van der Waals surface area contributed by atoms with E-state index in [1.807, 2.05) is 24.3 Å². The number of anilines is 2. The minimum Gasteiger partial charge on any atom is -0.372 e. The molecule has 6 heteroatoms. The van der Waals surface area contributed by atoms with E-state index in [-0.39, 0.29) is 11.7 Å². The molecule has 4 rings (SSSR count). The Morgan fingerprint density at radius 2 is 1.66 bits per heavy atom. The highest BCUT2D eigenvalue weighted by Gasteiger charge is 2.22. The van der Waals surface area contributed by atoms with Gasteiger partial charge < -0.3 is 14.7 Å². The minimum atomic E-state index is -0.343. The first-order valence-electron chi connectivity index (χ1n) is 10.0. The molecule has 3 aromatic rings. The number of carbonyl (C=O) groups excluding carboxylic acids is 1. The highest BCUT2D eigenvalue weighted by molar-refractivity contribution is 6.08. The number of hydrogen-bond donors (Lipinski definition) is 1. The van der Waals surface area contributed by atoms with Crippen molar-refractivity contribution < 1.29 is 13.7 Å². The van der Waals surface area contributed by atoms with Crippen LogP contribution >= 0.6 is 0 Å². The smallest absolute Gasteiger partial charge is 0.261 e. The number of aryl methyl sites for hydroxylation is 1. The van der Waals surface area contributed by atoms with Gasteiger partial charge in [0.25, 0.3) is 5.91 Å². The molecule has 1 aromatic heterocycles. The van der Waals surface area contributed by atoms with E-state index in [1.165, 1.54) is 43.5 Å². The monoisotopic (exact) mass is 393 g/mol. The number of hydrogen-bond acceptors (Lipinski definition) is 4. The van der Waals surface area contributed by atoms with Crippen molar-refractivity contribution in [2.75, 3.05) is 23.3 Å². The van der Waals surface area contributed by atoms with Crippen LogP contribution in [0.4, 0.5) is 15.8 Å². The van der Waals surface area contributed by atoms with Crippen molar-refractivity contribution in [2.24, 2.45) is 0 Å². The molecule has 2 heterocycles. The number of rotatable bonds is 4. The Morgan fingerprint density at radius 1 is 1.00 bits per heavy atom. The van der Waals surface area contributed by atoms with Crippen LogP contribution in [0.5, 0.6) is 0 Å². The van der Waals surface area contributed by atoms with Gasteiger partial charge in [0.15, 0.2) is 0 Å². The maximum atomic E-state index is 13.2. The molecule has 1 amide bonds. The van der Waals surface area contributed by atoms with Gasteiger partial charge >= 0.3 is 0 Å². The van der Waals surface area contributed by atoms with Crippen LogP contribution in [-0.4, -0.2) is 24.2 Å². The predicted molar refractivity (Wildman–Crippen MR) is 112 cm³/mol. The average molecular weight is 393 g/mol. The van der Waals surface area contributed by atoms with E-state index in [0.29, 0.717) is 28.3 Å². The van der Waals surface area contributed by atoms with E-state index in [0.717, 1.165) is 13.1 Å². The first-order valence-corrected chi connectivity index (χ1v) is 10.0. The van der Waals surface area contributed by atoms with Gasteiger partial charge in [0, 0.05) is 30.0 Å². The molecular formula is C23H24FN3O2. The molecule has 0 spiro atoms. The summed E-state index contributed by atoms with van der Waals surface area (Å²) >= 11 is 0. The standard InChI is InChI=1S/C23H24FN3O2/c1-16-21(22(26-29-16)17-6-8-18(24)9-7-17)23(28)25-19-10-12-20(13-11-19)27-14-4-2-3-5-15-27/h6-13H,2-5,14-15H2,1H3,(H,25,28). The summed E-state index contributed by atoms with van der Waals surface area (Å²) in [6.07, 6.45) is 5.02. The average Bonchev–Trinajstić information content (AvgIpc) is 2.93. The topological polar surface area (TPSA) is 58.4 Å². The van der Waals surface area contributed by atoms with Gasteiger partial charge in [-0.25, -0.2) is 4.39 Å². The summed E-state index contributed by atoms with van der Waals surface area (Å²) in [5, 5.41) is 6.92. The summed E-state index contributed by atoms with van der Waals surface area (Å²) in [7, 11) is 0. The number of carbonyl (C=O) groups is 1. The fourth-order valence-electron chi connectivity index (χ4n) is 3.72. The number of aromatic nitrogens is 1. The van der Waals surface area contributed by atoms with Gasteiger partial charge in [-0.3, -0.25) is 4.79 Å². The van der Waals surface area contributed by atoms with Crippen molar-refractivity contribution in [3.05, 3.63) is 65.7 Å². The molecule has 1 N–H and O–H groups in total. The number of halogens is 1. The van der Waals surface area contributed by atoms with E-state index in [1.54, 1.807) is 19.1 Å². The fourth-order valence-corrected chi connectivity index (χ4v) is 3.72. The molecule has 5 nitrogen and oxygen atoms in total. The molecule has 0 bridgehead atoms. The van der Waals surface area contributed by atoms with Crippen LogP contribution in [0.1, 0.15) is 41.8 Å². The molecule has 1 fully saturated rings. The van der Waals surface area contributed by atoms with Crippen LogP contribution in [-0.2, 0) is 0 Å². The maximum Gasteiger partial charge on any atom is 0.261 e. The first-order chi connectivity index (χ1) is 14.1. The molecule has 1 aliphatic rings. The Labute approximate surface area is 169 Å². The van der Waals surface area contributed by atoms with Gasteiger partial charge in [0.1, 0.15) is 22.8 Å². The van der Waals surface area contributed by atoms with Gasteiger partial charge in [0.05, 0.1) is 0 Å². The zero-order valence-electron chi connectivity index (χ0n) is 16.5. The van der Waals surface area contributed by atoms with E-state index in [9.17, 15) is 9.18 Å². The molecule has 0 unspecified atom stereocenters. The summed E-state index contributed by atoms with van der Waals surface area (Å²) in [5.41, 5.74) is 3.27. The van der Waals surface area contributed by atoms with E-state index < -0.39 is 0 Å². The molecule has 150 valence electrons. The van der Waals surface area contributed by atoms with Gasteiger partial charge in [-0.05, 0) is 68.3 Å². The third kappa shape index (κ3) is 4.31. The SMILES string of the molecule is Cc1onc(-c2ccc(F)cc2)c1C(=O)Nc1ccc(N2CCCCCC2)cc1. The highest BCUT2D eigenvalue weighted by atomic mass is 19.1. The summed E-state index contributed by atoms with van der Waals surface area (Å²) in [5.74, 6) is -0.224. The van der Waals surface area contributed by atoms with Crippen molar-refractivity contribution >= 4 is 17.3 Å². The summed E-state index contributed by atoms with van der Waals surface area (Å²) < 4.78 is 18.5. The Kier molecular flexibility index (Phi) is 5.60. The van der Waals surface area contributed by atoms with Crippen molar-refractivity contribution in [3.63, 3.8) is 0 Å². The quantitative estimate of drug-likeness (QED) is 0.643. The van der Waals surface area contributed by atoms with E-state index in [2.05, 4.69) is 15.4 Å². The number of amides is 1. The van der Waals surface area contributed by atoms with Crippen molar-refractivity contribution in [1.29, 1.82) is 0 Å². The Balaban J connectivity index is 1.51. The highest BCUT2D eigenvalue weighted by Crippen LogP contribution is 2.27. The molecule has 0 saturated carbocycles. The third-order valence-corrected chi connectivity index (χ3v) is 5.30. The first kappa shape index (κ1) is 19.2. The number of nitrogens with zero attached hydrogens (tertiary/aromatic N) is 2. The van der Waals surface area contributed by atoms with Gasteiger partial charge in [0.2, 0.25) is 0 Å². The number of benzene rings is 2. The van der Waals surface area contributed by atoms with Crippen molar-refractivity contribution in [1.82, 2.24) is 5.16 Å². The van der Waals surface area contributed by atoms with E-state index >= 15 is 0 Å². The molecule has 29 heavy (non-hydrogen) atoms. The Bertz CT molecular complexity index is 972. The van der Waals surface area contributed by atoms with Crippen LogP contribution in [0, 0.1) is 12.7 Å². The Morgan fingerprint density at radius 3 is 2.31 bits per heavy atom. The summed E-state index contributed by atoms with van der Waals surface area (Å²) in [4.78, 5) is 15.3. The second-order valence-corrected chi connectivity index (χ2v) is 7.37. The zero-order chi connectivity index (χ0) is 20.2. The molecule has 1 saturated heterocycles. The lowest BCUT2D eigenvalue weighted by molar-refractivity contribution is 0.102. The van der Waals surface area contributed by atoms with Crippen LogP contribution in [0.25, 0.3) is 11.3 Å². The second kappa shape index (κ2) is 8.47. The summed E-state index contributed by atoms with van der Waals surface area (Å²) in [6, 6.07) is 13.8. The van der Waals surface area contributed by atoms with Crippen molar-refractivity contribution in [2.45, 2.75) is 32.6 Å². The molecule has 0 aliphatic carbocycles. The molecule has 2 aromatic carbocycles. The molecule has 0 radical (unpaired) electrons. The maximum absolute atomic E-state index is 13.2. The largest absolute Gasteiger partial charge is 0.372 e. The molecule has 1 aliphatic heterocycles. The lowest BCUT2D eigenvalue weighted by atomic mass is 10.1. The van der Waals surface area contributed by atoms with Gasteiger partial charge in [-0.15, -0.1) is 0 Å². The lowest BCUT2D eigenvalue weighted by Crippen LogP contribution is -2.23. The Hall–Kier alpha value is -3.15. The van der Waals surface area contributed by atoms with Crippen LogP contribution in [0.15, 0.2) is 53.1 Å². The van der Waals surface area contributed by atoms with Crippen LogP contribution in [0.2, 0.25) is 0 Å². The minimum absolute atomic E-state index is 0.300. The van der Waals surface area contributed by atoms with Crippen LogP contribution < -0.4 is 10.2 Å². The van der Waals surface area contributed by atoms with Gasteiger partial charge in [-0.1, -0.05) is 18.0 Å². The predicted octanol–water partition coefficient (Wildman–Crippen LogP) is 5.42.